The van der Waals surface area contributed by atoms with Gasteiger partial charge >= 0.3 is 6.03 Å². The molecule has 1 aromatic rings. The first kappa shape index (κ1) is 16.8. The molecule has 4 nitrogen and oxygen atoms in total. The standard InChI is InChI=1S/C20H27FN2O2/c1-20(25)8-10-22(11-9-20)19(24)23-17-6-7-18(23)13-15(12-17)14-2-4-16(21)5-3-14/h2-5,15,17-18,25H,6-13H2,1H3/t15-,17+,18-. The monoisotopic (exact) mass is 346 g/mol. The number of hydrogen-bond acceptors (Lipinski definition) is 2. The summed E-state index contributed by atoms with van der Waals surface area (Å²) in [5.74, 6) is 0.226. The van der Waals surface area contributed by atoms with Gasteiger partial charge in [0.2, 0.25) is 0 Å². The van der Waals surface area contributed by atoms with Crippen molar-refractivity contribution >= 4 is 6.03 Å². The zero-order valence-electron chi connectivity index (χ0n) is 14.8. The van der Waals surface area contributed by atoms with Crippen molar-refractivity contribution in [3.05, 3.63) is 35.6 Å². The third-order valence-electron chi connectivity index (χ3n) is 6.41. The Balaban J connectivity index is 1.44. The predicted octanol–water partition coefficient (Wildman–Crippen LogP) is 3.50. The van der Waals surface area contributed by atoms with E-state index in [1.54, 1.807) is 0 Å². The number of piperidine rings is 2. The van der Waals surface area contributed by atoms with Gasteiger partial charge in [-0.15, -0.1) is 0 Å². The van der Waals surface area contributed by atoms with Gasteiger partial charge in [-0.1, -0.05) is 12.1 Å². The average molecular weight is 346 g/mol. The normalized spacial score (nSPS) is 31.2. The zero-order valence-corrected chi connectivity index (χ0v) is 14.8. The minimum absolute atomic E-state index is 0.153. The Hall–Kier alpha value is -1.62. The van der Waals surface area contributed by atoms with Crippen LogP contribution in [0.3, 0.4) is 0 Å². The van der Waals surface area contributed by atoms with E-state index >= 15 is 0 Å². The molecule has 0 spiro atoms. The second-order valence-corrected chi connectivity index (χ2v) is 8.28. The molecule has 4 rings (SSSR count). The SMILES string of the molecule is CC1(O)CCN(C(=O)N2[C@@H]3CC[C@H]2C[C@@H](c2ccc(F)cc2)C3)CC1. The van der Waals surface area contributed by atoms with Crippen LogP contribution < -0.4 is 0 Å². The molecule has 3 saturated heterocycles. The summed E-state index contributed by atoms with van der Waals surface area (Å²) in [4.78, 5) is 17.1. The highest BCUT2D eigenvalue weighted by Crippen LogP contribution is 2.43. The Kier molecular flexibility index (Phi) is 4.22. The molecule has 0 aliphatic carbocycles. The van der Waals surface area contributed by atoms with Crippen molar-refractivity contribution in [3.8, 4) is 0 Å². The molecule has 3 atom stereocenters. The molecule has 0 radical (unpaired) electrons. The van der Waals surface area contributed by atoms with E-state index in [2.05, 4.69) is 4.90 Å². The lowest BCUT2D eigenvalue weighted by Crippen LogP contribution is -2.55. The highest BCUT2D eigenvalue weighted by molar-refractivity contribution is 5.76. The number of aliphatic hydroxyl groups is 1. The van der Waals surface area contributed by atoms with E-state index < -0.39 is 5.60 Å². The van der Waals surface area contributed by atoms with Gasteiger partial charge in [0.05, 0.1) is 5.60 Å². The average Bonchev–Trinajstić information content (AvgIpc) is 2.85. The van der Waals surface area contributed by atoms with Crippen molar-refractivity contribution in [1.29, 1.82) is 0 Å². The third kappa shape index (κ3) is 3.26. The molecule has 136 valence electrons. The van der Waals surface area contributed by atoms with Crippen LogP contribution in [-0.4, -0.2) is 51.7 Å². The molecule has 3 aliphatic rings. The van der Waals surface area contributed by atoms with Gasteiger partial charge in [-0.25, -0.2) is 9.18 Å². The largest absolute Gasteiger partial charge is 0.390 e. The van der Waals surface area contributed by atoms with Gasteiger partial charge in [0.1, 0.15) is 5.82 Å². The van der Waals surface area contributed by atoms with E-state index in [9.17, 15) is 14.3 Å². The van der Waals surface area contributed by atoms with E-state index in [1.165, 1.54) is 17.7 Å². The molecule has 0 aromatic heterocycles. The molecule has 2 bridgehead atoms. The van der Waals surface area contributed by atoms with Crippen LogP contribution in [0.2, 0.25) is 0 Å². The fraction of sp³-hybridized carbons (Fsp3) is 0.650. The fourth-order valence-electron chi connectivity index (χ4n) is 4.84. The van der Waals surface area contributed by atoms with Gasteiger partial charge in [0, 0.05) is 25.2 Å². The number of benzene rings is 1. The quantitative estimate of drug-likeness (QED) is 0.846. The van der Waals surface area contributed by atoms with Crippen molar-refractivity contribution in [2.75, 3.05) is 13.1 Å². The molecule has 3 aliphatic heterocycles. The van der Waals surface area contributed by atoms with Crippen LogP contribution >= 0.6 is 0 Å². The highest BCUT2D eigenvalue weighted by atomic mass is 19.1. The summed E-state index contributed by atoms with van der Waals surface area (Å²) in [6.45, 7) is 3.14. The number of fused-ring (bicyclic) bond motifs is 2. The van der Waals surface area contributed by atoms with Crippen molar-refractivity contribution < 1.29 is 14.3 Å². The summed E-state index contributed by atoms with van der Waals surface area (Å²) < 4.78 is 13.2. The molecular weight excluding hydrogens is 319 g/mol. The number of nitrogens with zero attached hydrogens (tertiary/aromatic N) is 2. The lowest BCUT2D eigenvalue weighted by molar-refractivity contribution is -0.00273. The zero-order chi connectivity index (χ0) is 17.6. The maximum absolute atomic E-state index is 13.2. The van der Waals surface area contributed by atoms with E-state index in [0.717, 1.165) is 25.7 Å². The van der Waals surface area contributed by atoms with Crippen molar-refractivity contribution in [3.63, 3.8) is 0 Å². The van der Waals surface area contributed by atoms with Crippen LogP contribution in [0.4, 0.5) is 9.18 Å². The van der Waals surface area contributed by atoms with Gasteiger partial charge in [0.15, 0.2) is 0 Å². The highest BCUT2D eigenvalue weighted by Gasteiger charge is 2.45. The maximum Gasteiger partial charge on any atom is 0.320 e. The molecule has 0 saturated carbocycles. The first-order valence-electron chi connectivity index (χ1n) is 9.48. The number of rotatable bonds is 1. The molecule has 3 fully saturated rings. The molecule has 25 heavy (non-hydrogen) atoms. The molecule has 1 N–H and O–H groups in total. The van der Waals surface area contributed by atoms with Gasteiger partial charge < -0.3 is 14.9 Å². The fourth-order valence-corrected chi connectivity index (χ4v) is 4.84. The van der Waals surface area contributed by atoms with Crippen LogP contribution in [0.25, 0.3) is 0 Å². The van der Waals surface area contributed by atoms with E-state index in [-0.39, 0.29) is 11.8 Å². The minimum Gasteiger partial charge on any atom is -0.390 e. The topological polar surface area (TPSA) is 43.8 Å². The summed E-state index contributed by atoms with van der Waals surface area (Å²) in [5.41, 5.74) is 0.560. The van der Waals surface area contributed by atoms with Crippen molar-refractivity contribution in [1.82, 2.24) is 9.80 Å². The van der Waals surface area contributed by atoms with Gasteiger partial charge in [-0.3, -0.25) is 0 Å². The Labute approximate surface area is 148 Å². The Morgan fingerprint density at radius 1 is 1.12 bits per heavy atom. The Bertz CT molecular complexity index is 622. The summed E-state index contributed by atoms with van der Waals surface area (Å²) in [5, 5.41) is 10.1. The molecule has 5 heteroatoms. The first-order valence-corrected chi connectivity index (χ1v) is 9.48. The number of urea groups is 1. The molecule has 0 unspecified atom stereocenters. The molecule has 1 aromatic carbocycles. The summed E-state index contributed by atoms with van der Waals surface area (Å²) in [6.07, 6.45) is 5.39. The lowest BCUT2D eigenvalue weighted by atomic mass is 9.85. The van der Waals surface area contributed by atoms with Gasteiger partial charge in [-0.05, 0) is 69.1 Å². The molecule has 2 amide bonds. The predicted molar refractivity (Wildman–Crippen MR) is 93.9 cm³/mol. The first-order chi connectivity index (χ1) is 11.9. The van der Waals surface area contributed by atoms with Crippen molar-refractivity contribution in [2.45, 2.75) is 69.1 Å². The number of amides is 2. The van der Waals surface area contributed by atoms with Gasteiger partial charge in [0.25, 0.3) is 0 Å². The number of carbonyl (C=O) groups is 1. The number of likely N-dealkylation sites (tertiary alicyclic amines) is 1. The van der Waals surface area contributed by atoms with Crippen LogP contribution in [0.1, 0.15) is 56.9 Å². The third-order valence-corrected chi connectivity index (χ3v) is 6.41. The van der Waals surface area contributed by atoms with E-state index in [1.807, 2.05) is 24.0 Å². The van der Waals surface area contributed by atoms with Crippen LogP contribution in [0.15, 0.2) is 24.3 Å². The smallest absolute Gasteiger partial charge is 0.320 e. The van der Waals surface area contributed by atoms with Crippen LogP contribution in [0, 0.1) is 5.82 Å². The number of halogens is 1. The van der Waals surface area contributed by atoms with Crippen LogP contribution in [-0.2, 0) is 0 Å². The lowest BCUT2D eigenvalue weighted by Gasteiger charge is -2.44. The minimum atomic E-state index is -0.634. The van der Waals surface area contributed by atoms with Crippen molar-refractivity contribution in [2.24, 2.45) is 0 Å². The second kappa shape index (κ2) is 6.27. The Morgan fingerprint density at radius 3 is 2.24 bits per heavy atom. The van der Waals surface area contributed by atoms with E-state index in [0.29, 0.717) is 43.9 Å². The molecular formula is C20H27FN2O2. The summed E-state index contributed by atoms with van der Waals surface area (Å²) in [7, 11) is 0. The number of carbonyl (C=O) groups excluding carboxylic acids is 1. The number of hydrogen-bond donors (Lipinski definition) is 1. The van der Waals surface area contributed by atoms with Crippen LogP contribution in [0.5, 0.6) is 0 Å². The summed E-state index contributed by atoms with van der Waals surface area (Å²) >= 11 is 0. The second-order valence-electron chi connectivity index (χ2n) is 8.28. The maximum atomic E-state index is 13.2. The Morgan fingerprint density at radius 2 is 1.68 bits per heavy atom. The molecule has 3 heterocycles. The van der Waals surface area contributed by atoms with E-state index in [4.69, 9.17) is 0 Å². The summed E-state index contributed by atoms with van der Waals surface area (Å²) in [6, 6.07) is 7.60. The van der Waals surface area contributed by atoms with Gasteiger partial charge in [-0.2, -0.15) is 0 Å².